The predicted molar refractivity (Wildman–Crippen MR) is 83.2 cm³/mol. The second-order valence-electron chi connectivity index (χ2n) is 6.37. The lowest BCUT2D eigenvalue weighted by Crippen LogP contribution is -2.34. The van der Waals surface area contributed by atoms with E-state index in [0.29, 0.717) is 0 Å². The molecule has 0 radical (unpaired) electrons. The van der Waals surface area contributed by atoms with Gasteiger partial charge in [-0.05, 0) is 30.7 Å². The quantitative estimate of drug-likeness (QED) is 0.935. The van der Waals surface area contributed by atoms with Crippen molar-refractivity contribution in [2.24, 2.45) is 5.92 Å². The van der Waals surface area contributed by atoms with E-state index in [-0.39, 0.29) is 5.56 Å². The molecule has 1 aromatic carbocycles. The standard InChI is InChI=1S/C17H21N3O/c21-17-16(14-4-2-1-3-5-14)12-20(18-17)9-8-19-11-13-6-7-15(19)10-13/h1-5,12-13,15H,6-11H2,(H,18,21)/t13-,15+/m0/s1. The molecule has 4 heteroatoms. The lowest BCUT2D eigenvalue weighted by atomic mass is 10.1. The number of nitrogens with zero attached hydrogens (tertiary/aromatic N) is 2. The molecule has 0 amide bonds. The van der Waals surface area contributed by atoms with Crippen LogP contribution in [0.25, 0.3) is 11.1 Å². The second-order valence-corrected chi connectivity index (χ2v) is 6.37. The van der Waals surface area contributed by atoms with E-state index in [0.717, 1.165) is 36.2 Å². The van der Waals surface area contributed by atoms with Crippen LogP contribution in [0.4, 0.5) is 0 Å². The Kier molecular flexibility index (Phi) is 3.19. The van der Waals surface area contributed by atoms with Gasteiger partial charge in [0, 0.05) is 25.3 Å². The molecule has 2 aliphatic rings. The highest BCUT2D eigenvalue weighted by molar-refractivity contribution is 5.61. The molecule has 2 bridgehead atoms. The summed E-state index contributed by atoms with van der Waals surface area (Å²) in [6.45, 7) is 3.16. The number of H-pyrrole nitrogens is 1. The first kappa shape index (κ1) is 12.9. The molecular formula is C17H21N3O. The third-order valence-electron chi connectivity index (χ3n) is 5.01. The van der Waals surface area contributed by atoms with E-state index in [1.54, 1.807) is 0 Å². The Morgan fingerprint density at radius 3 is 2.71 bits per heavy atom. The molecule has 2 atom stereocenters. The van der Waals surface area contributed by atoms with Crippen molar-refractivity contribution >= 4 is 0 Å². The molecule has 4 nitrogen and oxygen atoms in total. The average molecular weight is 283 g/mol. The monoisotopic (exact) mass is 283 g/mol. The molecule has 1 saturated heterocycles. The molecule has 0 spiro atoms. The summed E-state index contributed by atoms with van der Waals surface area (Å²) in [5.74, 6) is 0.929. The van der Waals surface area contributed by atoms with Gasteiger partial charge in [-0.25, -0.2) is 0 Å². The van der Waals surface area contributed by atoms with Crippen molar-refractivity contribution in [1.29, 1.82) is 0 Å². The van der Waals surface area contributed by atoms with Gasteiger partial charge in [0.15, 0.2) is 0 Å². The average Bonchev–Trinajstić information content (AvgIpc) is 3.21. The van der Waals surface area contributed by atoms with Gasteiger partial charge in [0.1, 0.15) is 0 Å². The van der Waals surface area contributed by atoms with E-state index in [9.17, 15) is 4.79 Å². The van der Waals surface area contributed by atoms with Crippen molar-refractivity contribution in [1.82, 2.24) is 14.7 Å². The van der Waals surface area contributed by atoms with Crippen LogP contribution in [0.5, 0.6) is 0 Å². The maximum absolute atomic E-state index is 12.1. The fourth-order valence-corrected chi connectivity index (χ4v) is 3.92. The second kappa shape index (κ2) is 5.19. The van der Waals surface area contributed by atoms with E-state index in [1.165, 1.54) is 25.8 Å². The maximum atomic E-state index is 12.1. The lowest BCUT2D eigenvalue weighted by Gasteiger charge is -2.26. The van der Waals surface area contributed by atoms with Crippen LogP contribution in [0.1, 0.15) is 19.3 Å². The van der Waals surface area contributed by atoms with Gasteiger partial charge >= 0.3 is 0 Å². The van der Waals surface area contributed by atoms with Gasteiger partial charge in [-0.1, -0.05) is 30.3 Å². The van der Waals surface area contributed by atoms with E-state index in [2.05, 4.69) is 10.00 Å². The minimum absolute atomic E-state index is 0.00384. The summed E-state index contributed by atoms with van der Waals surface area (Å²) in [5.41, 5.74) is 1.75. The largest absolute Gasteiger partial charge is 0.298 e. The Morgan fingerprint density at radius 2 is 2.00 bits per heavy atom. The van der Waals surface area contributed by atoms with Gasteiger partial charge in [-0.2, -0.15) is 0 Å². The Morgan fingerprint density at radius 1 is 1.14 bits per heavy atom. The maximum Gasteiger partial charge on any atom is 0.271 e. The molecule has 2 aromatic rings. The van der Waals surface area contributed by atoms with Gasteiger partial charge < -0.3 is 0 Å². The van der Waals surface area contributed by atoms with E-state index in [1.807, 2.05) is 41.2 Å². The van der Waals surface area contributed by atoms with Gasteiger partial charge in [0.2, 0.25) is 0 Å². The van der Waals surface area contributed by atoms with Crippen LogP contribution >= 0.6 is 0 Å². The lowest BCUT2D eigenvalue weighted by molar-refractivity contribution is 0.203. The summed E-state index contributed by atoms with van der Waals surface area (Å²) in [7, 11) is 0. The predicted octanol–water partition coefficient (Wildman–Crippen LogP) is 2.33. The Labute approximate surface area is 124 Å². The molecule has 21 heavy (non-hydrogen) atoms. The highest BCUT2D eigenvalue weighted by atomic mass is 16.1. The third-order valence-corrected chi connectivity index (χ3v) is 5.01. The molecule has 4 rings (SSSR count). The molecule has 1 aromatic heterocycles. The summed E-state index contributed by atoms with van der Waals surface area (Å²) in [6, 6.07) is 10.7. The first-order chi connectivity index (χ1) is 10.3. The number of piperidine rings is 1. The normalized spacial score (nSPS) is 24.8. The van der Waals surface area contributed by atoms with Crippen molar-refractivity contribution in [2.45, 2.75) is 31.8 Å². The number of likely N-dealkylation sites (tertiary alicyclic amines) is 1. The Balaban J connectivity index is 1.46. The summed E-state index contributed by atoms with van der Waals surface area (Å²) in [5, 5.41) is 2.95. The van der Waals surface area contributed by atoms with Crippen LogP contribution < -0.4 is 5.56 Å². The molecule has 2 heterocycles. The van der Waals surface area contributed by atoms with Crippen LogP contribution in [0.3, 0.4) is 0 Å². The number of rotatable bonds is 4. The number of aromatic nitrogens is 2. The molecule has 1 aliphatic carbocycles. The van der Waals surface area contributed by atoms with E-state index >= 15 is 0 Å². The summed E-state index contributed by atoms with van der Waals surface area (Å²) in [6.07, 6.45) is 6.12. The summed E-state index contributed by atoms with van der Waals surface area (Å²) < 4.78 is 1.94. The SMILES string of the molecule is O=c1[nH]n(CCN2C[C@H]3CC[C@@H]2C3)cc1-c1ccccc1. The molecular weight excluding hydrogens is 262 g/mol. The fourth-order valence-electron chi connectivity index (χ4n) is 3.92. The Bertz CT molecular complexity index is 673. The van der Waals surface area contributed by atoms with E-state index in [4.69, 9.17) is 0 Å². The van der Waals surface area contributed by atoms with Gasteiger partial charge in [-0.15, -0.1) is 0 Å². The summed E-state index contributed by atoms with van der Waals surface area (Å²) >= 11 is 0. The van der Waals surface area contributed by atoms with Crippen molar-refractivity contribution in [3.8, 4) is 11.1 Å². The fraction of sp³-hybridized carbons (Fsp3) is 0.471. The number of nitrogens with one attached hydrogen (secondary N) is 1. The highest BCUT2D eigenvalue weighted by Gasteiger charge is 2.37. The highest BCUT2D eigenvalue weighted by Crippen LogP contribution is 2.36. The molecule has 1 N–H and O–H groups in total. The van der Waals surface area contributed by atoms with Crippen molar-refractivity contribution in [2.75, 3.05) is 13.1 Å². The molecule has 1 aliphatic heterocycles. The minimum atomic E-state index is 0.00384. The van der Waals surface area contributed by atoms with Crippen molar-refractivity contribution < 1.29 is 0 Å². The number of hydrogen-bond donors (Lipinski definition) is 1. The molecule has 1 saturated carbocycles. The van der Waals surface area contributed by atoms with Gasteiger partial charge in [-0.3, -0.25) is 19.5 Å². The van der Waals surface area contributed by atoms with Crippen LogP contribution in [-0.2, 0) is 6.54 Å². The first-order valence-corrected chi connectivity index (χ1v) is 7.88. The number of fused-ring (bicyclic) bond motifs is 2. The Hall–Kier alpha value is -1.81. The van der Waals surface area contributed by atoms with Crippen LogP contribution in [-0.4, -0.2) is 33.8 Å². The van der Waals surface area contributed by atoms with Crippen molar-refractivity contribution in [3.05, 3.63) is 46.9 Å². The zero-order chi connectivity index (χ0) is 14.2. The topological polar surface area (TPSA) is 41.0 Å². The minimum Gasteiger partial charge on any atom is -0.298 e. The van der Waals surface area contributed by atoms with Gasteiger partial charge in [0.05, 0.1) is 12.1 Å². The van der Waals surface area contributed by atoms with E-state index < -0.39 is 0 Å². The van der Waals surface area contributed by atoms with Crippen LogP contribution in [0, 0.1) is 5.92 Å². The van der Waals surface area contributed by atoms with Gasteiger partial charge in [0.25, 0.3) is 5.56 Å². The number of aromatic amines is 1. The smallest absolute Gasteiger partial charge is 0.271 e. The summed E-state index contributed by atoms with van der Waals surface area (Å²) in [4.78, 5) is 14.7. The zero-order valence-corrected chi connectivity index (χ0v) is 12.2. The zero-order valence-electron chi connectivity index (χ0n) is 12.2. The first-order valence-electron chi connectivity index (χ1n) is 7.88. The van der Waals surface area contributed by atoms with Crippen LogP contribution in [0.15, 0.2) is 41.3 Å². The molecule has 2 fully saturated rings. The molecule has 0 unspecified atom stereocenters. The number of benzene rings is 1. The third kappa shape index (κ3) is 2.44. The molecule has 110 valence electrons. The van der Waals surface area contributed by atoms with Crippen LogP contribution in [0.2, 0.25) is 0 Å². The van der Waals surface area contributed by atoms with Crippen molar-refractivity contribution in [3.63, 3.8) is 0 Å². The number of hydrogen-bond acceptors (Lipinski definition) is 2.